The summed E-state index contributed by atoms with van der Waals surface area (Å²) >= 11 is 0. The Labute approximate surface area is 221 Å². The molecule has 6 heterocycles. The molecule has 194 valence electrons. The van der Waals surface area contributed by atoms with Gasteiger partial charge in [0.2, 0.25) is 5.78 Å². The van der Waals surface area contributed by atoms with Gasteiger partial charge in [-0.25, -0.2) is 24.5 Å². The molecule has 9 heteroatoms. The lowest BCUT2D eigenvalue weighted by Crippen LogP contribution is -2.23. The van der Waals surface area contributed by atoms with E-state index in [1.165, 1.54) is 0 Å². The first-order chi connectivity index (χ1) is 18.2. The van der Waals surface area contributed by atoms with Crippen LogP contribution in [0.4, 0.5) is 0 Å². The second kappa shape index (κ2) is 9.01. The number of nitrogens with zero attached hydrogens (tertiary/aromatic N) is 9. The Hall–Kier alpha value is -4.14. The van der Waals surface area contributed by atoms with E-state index in [0.717, 1.165) is 63.9 Å². The van der Waals surface area contributed by atoms with Crippen molar-refractivity contribution in [1.82, 2.24) is 43.3 Å². The summed E-state index contributed by atoms with van der Waals surface area (Å²) in [5.41, 5.74) is 8.07. The third-order valence-electron chi connectivity index (χ3n) is 7.43. The van der Waals surface area contributed by atoms with Gasteiger partial charge in [-0.15, -0.1) is 0 Å². The van der Waals surface area contributed by atoms with E-state index < -0.39 is 0 Å². The molecule has 0 aliphatic heterocycles. The highest BCUT2D eigenvalue weighted by molar-refractivity contribution is 5.48. The van der Waals surface area contributed by atoms with Crippen LogP contribution in [-0.2, 0) is 18.3 Å². The molecule has 6 aromatic heterocycles. The minimum Gasteiger partial charge on any atom is -0.300 e. The van der Waals surface area contributed by atoms with E-state index in [1.807, 2.05) is 60.9 Å². The number of fused-ring (bicyclic) bond motifs is 3. The highest BCUT2D eigenvalue weighted by atomic mass is 15.3. The van der Waals surface area contributed by atoms with Crippen molar-refractivity contribution in [3.8, 4) is 0 Å². The fraction of sp³-hybridized carbons (Fsp3) is 0.379. The molecule has 0 spiro atoms. The van der Waals surface area contributed by atoms with Crippen LogP contribution in [0, 0.1) is 6.92 Å². The Morgan fingerprint density at radius 2 is 1.71 bits per heavy atom. The summed E-state index contributed by atoms with van der Waals surface area (Å²) in [4.78, 5) is 23.2. The maximum atomic E-state index is 4.84. The van der Waals surface area contributed by atoms with Crippen molar-refractivity contribution in [2.24, 2.45) is 0 Å². The zero-order valence-corrected chi connectivity index (χ0v) is 22.8. The van der Waals surface area contributed by atoms with Crippen molar-refractivity contribution in [3.05, 3.63) is 89.5 Å². The quantitative estimate of drug-likeness (QED) is 0.298. The SMILES string of the molecule is Cc1ccn2c(C(C)Cc3nccn4c(C(C)(C)Cc5cnn6c(C(C)C)cnc6c5)cnc34)cnc2n1. The lowest BCUT2D eigenvalue weighted by Gasteiger charge is -2.24. The number of imidazole rings is 3. The molecule has 9 nitrogen and oxygen atoms in total. The molecule has 1 unspecified atom stereocenters. The van der Waals surface area contributed by atoms with E-state index in [2.05, 4.69) is 64.4 Å². The Morgan fingerprint density at radius 3 is 2.53 bits per heavy atom. The molecule has 0 aliphatic carbocycles. The second-order valence-electron chi connectivity index (χ2n) is 11.3. The highest BCUT2D eigenvalue weighted by Gasteiger charge is 2.27. The minimum atomic E-state index is -0.178. The van der Waals surface area contributed by atoms with E-state index in [9.17, 15) is 0 Å². The van der Waals surface area contributed by atoms with Crippen LogP contribution >= 0.6 is 0 Å². The predicted molar refractivity (Wildman–Crippen MR) is 147 cm³/mol. The Balaban J connectivity index is 1.28. The van der Waals surface area contributed by atoms with Crippen LogP contribution in [0.15, 0.2) is 55.5 Å². The zero-order chi connectivity index (χ0) is 26.6. The first-order valence-corrected chi connectivity index (χ1v) is 13.2. The van der Waals surface area contributed by atoms with Crippen molar-refractivity contribution < 1.29 is 0 Å². The standard InChI is InChI=1S/C29H33N9/c1-18(2)23-15-31-26-12-21(14-34-38(23)26)13-29(5,6)25-17-32-27-22(30-8-10-37(25)27)11-19(3)24-16-33-28-35-20(4)7-9-36(24)28/h7-10,12,14-19H,11,13H2,1-6H3. The average molecular weight is 508 g/mol. The largest absolute Gasteiger partial charge is 0.300 e. The summed E-state index contributed by atoms with van der Waals surface area (Å²) in [5, 5.41) is 4.70. The van der Waals surface area contributed by atoms with Crippen LogP contribution < -0.4 is 0 Å². The molecule has 6 rings (SSSR count). The van der Waals surface area contributed by atoms with Gasteiger partial charge in [0.25, 0.3) is 0 Å². The minimum absolute atomic E-state index is 0.178. The number of aromatic nitrogens is 9. The van der Waals surface area contributed by atoms with Gasteiger partial charge in [0.15, 0.2) is 11.3 Å². The number of aryl methyl sites for hydroxylation is 1. The summed E-state index contributed by atoms with van der Waals surface area (Å²) in [6.07, 6.45) is 15.3. The molecule has 1 atom stereocenters. The van der Waals surface area contributed by atoms with E-state index in [0.29, 0.717) is 5.92 Å². The van der Waals surface area contributed by atoms with Crippen LogP contribution in [0.25, 0.3) is 17.1 Å². The van der Waals surface area contributed by atoms with E-state index in [-0.39, 0.29) is 11.3 Å². The normalized spacial score (nSPS) is 13.3. The van der Waals surface area contributed by atoms with E-state index in [1.54, 1.807) is 0 Å². The fourth-order valence-corrected chi connectivity index (χ4v) is 5.38. The van der Waals surface area contributed by atoms with Crippen molar-refractivity contribution in [1.29, 1.82) is 0 Å². The first kappa shape index (κ1) is 24.2. The third kappa shape index (κ3) is 4.12. The smallest absolute Gasteiger partial charge is 0.234 e. The van der Waals surface area contributed by atoms with Gasteiger partial charge < -0.3 is 4.40 Å². The third-order valence-corrected chi connectivity index (χ3v) is 7.43. The lowest BCUT2D eigenvalue weighted by molar-refractivity contribution is 0.499. The van der Waals surface area contributed by atoms with Gasteiger partial charge in [-0.1, -0.05) is 34.6 Å². The molecular weight excluding hydrogens is 474 g/mol. The van der Waals surface area contributed by atoms with Gasteiger partial charge in [-0.05, 0) is 37.0 Å². The van der Waals surface area contributed by atoms with Crippen LogP contribution in [0.3, 0.4) is 0 Å². The molecule has 0 fully saturated rings. The summed E-state index contributed by atoms with van der Waals surface area (Å²) in [6, 6.07) is 4.15. The number of hydrogen-bond donors (Lipinski definition) is 0. The van der Waals surface area contributed by atoms with Crippen molar-refractivity contribution in [3.63, 3.8) is 0 Å². The van der Waals surface area contributed by atoms with Gasteiger partial charge in [-0.3, -0.25) is 9.38 Å². The average Bonchev–Trinajstić information content (AvgIpc) is 3.60. The van der Waals surface area contributed by atoms with Gasteiger partial charge >= 0.3 is 0 Å². The van der Waals surface area contributed by atoms with E-state index in [4.69, 9.17) is 15.1 Å². The Bertz CT molecular complexity index is 1770. The van der Waals surface area contributed by atoms with Gasteiger partial charge in [0.05, 0.1) is 30.0 Å². The molecule has 0 aliphatic rings. The molecule has 0 radical (unpaired) electrons. The summed E-state index contributed by atoms with van der Waals surface area (Å²) in [6.45, 7) is 13.0. The van der Waals surface area contributed by atoms with Crippen LogP contribution in [0.1, 0.15) is 80.5 Å². The van der Waals surface area contributed by atoms with Crippen LogP contribution in [0.2, 0.25) is 0 Å². The summed E-state index contributed by atoms with van der Waals surface area (Å²) in [7, 11) is 0. The lowest BCUT2D eigenvalue weighted by atomic mass is 9.83. The van der Waals surface area contributed by atoms with Crippen LogP contribution in [0.5, 0.6) is 0 Å². The van der Waals surface area contributed by atoms with Gasteiger partial charge in [0.1, 0.15) is 0 Å². The Morgan fingerprint density at radius 1 is 0.895 bits per heavy atom. The summed E-state index contributed by atoms with van der Waals surface area (Å²) in [5.74, 6) is 1.30. The number of rotatable bonds is 7. The Kier molecular flexibility index (Phi) is 5.74. The molecule has 0 aromatic carbocycles. The maximum Gasteiger partial charge on any atom is 0.234 e. The molecule has 0 bridgehead atoms. The van der Waals surface area contributed by atoms with Gasteiger partial charge in [0, 0.05) is 59.6 Å². The molecular formula is C29H33N9. The van der Waals surface area contributed by atoms with Crippen molar-refractivity contribution in [2.75, 3.05) is 0 Å². The molecule has 0 amide bonds. The highest BCUT2D eigenvalue weighted by Crippen LogP contribution is 2.30. The predicted octanol–water partition coefficient (Wildman–Crippen LogP) is 5.11. The molecule has 6 aromatic rings. The van der Waals surface area contributed by atoms with Crippen molar-refractivity contribution in [2.45, 2.75) is 71.6 Å². The summed E-state index contributed by atoms with van der Waals surface area (Å²) < 4.78 is 6.19. The van der Waals surface area contributed by atoms with Gasteiger partial charge in [-0.2, -0.15) is 5.10 Å². The number of hydrogen-bond acceptors (Lipinski definition) is 6. The fourth-order valence-electron chi connectivity index (χ4n) is 5.38. The monoisotopic (exact) mass is 507 g/mol. The molecule has 0 saturated heterocycles. The first-order valence-electron chi connectivity index (χ1n) is 13.2. The maximum absolute atomic E-state index is 4.84. The topological polar surface area (TPSA) is 90.6 Å². The van der Waals surface area contributed by atoms with E-state index >= 15 is 0 Å². The molecule has 0 N–H and O–H groups in total. The van der Waals surface area contributed by atoms with Crippen LogP contribution in [-0.4, -0.2) is 43.3 Å². The molecule has 38 heavy (non-hydrogen) atoms. The second-order valence-corrected chi connectivity index (χ2v) is 11.3. The molecule has 0 saturated carbocycles. The van der Waals surface area contributed by atoms with Crippen molar-refractivity contribution >= 4 is 17.1 Å². The zero-order valence-electron chi connectivity index (χ0n) is 22.8.